The van der Waals surface area contributed by atoms with Crippen molar-refractivity contribution in [1.82, 2.24) is 5.01 Å². The van der Waals surface area contributed by atoms with Gasteiger partial charge in [0.25, 0.3) is 5.91 Å². The topological polar surface area (TPSA) is 90.9 Å². The smallest absolute Gasteiger partial charge is 0.271 e. The third-order valence-corrected chi connectivity index (χ3v) is 3.91. The molecule has 150 valence electrons. The van der Waals surface area contributed by atoms with Gasteiger partial charge in [-0.3, -0.25) is 14.4 Å². The minimum Gasteiger partial charge on any atom is -0.324 e. The van der Waals surface area contributed by atoms with Crippen molar-refractivity contribution in [3.63, 3.8) is 0 Å². The Hall–Kier alpha value is -3.69. The third-order valence-electron chi connectivity index (χ3n) is 3.91. The number of amides is 3. The summed E-state index contributed by atoms with van der Waals surface area (Å²) in [7, 11) is 0. The molecule has 10 heteroatoms. The first-order valence-electron chi connectivity index (χ1n) is 8.51. The zero-order chi connectivity index (χ0) is 21.0. The average Bonchev–Trinajstić information content (AvgIpc) is 2.64. The Morgan fingerprint density at radius 1 is 0.897 bits per heavy atom. The van der Waals surface area contributed by atoms with Crippen LogP contribution < -0.4 is 10.6 Å². The number of carbonyl (C=O) groups is 3. The van der Waals surface area contributed by atoms with Gasteiger partial charge in [0.15, 0.2) is 0 Å². The predicted molar refractivity (Wildman–Crippen MR) is 98.4 cm³/mol. The van der Waals surface area contributed by atoms with Gasteiger partial charge in [0.2, 0.25) is 11.8 Å². The van der Waals surface area contributed by atoms with E-state index in [1.165, 1.54) is 24.3 Å². The van der Waals surface area contributed by atoms with Crippen LogP contribution in [0.25, 0.3) is 0 Å². The summed E-state index contributed by atoms with van der Waals surface area (Å²) in [4.78, 5) is 36.4. The standard InChI is InChI=1S/C19H15F3N4O3/c20-11-1-3-14(4-2-11)24-19(29)16-5-6-18(28)26(25-16)10-17(27)23-15-8-12(21)7-13(22)9-15/h1-4,7-9H,5-6,10H2,(H,23,27)(H,24,29). The van der Waals surface area contributed by atoms with E-state index in [1.54, 1.807) is 0 Å². The summed E-state index contributed by atoms with van der Waals surface area (Å²) >= 11 is 0. The molecule has 1 aliphatic heterocycles. The molecular formula is C19H15F3N4O3. The van der Waals surface area contributed by atoms with Crippen LogP contribution in [0.4, 0.5) is 24.5 Å². The van der Waals surface area contributed by atoms with E-state index in [1.807, 2.05) is 0 Å². The summed E-state index contributed by atoms with van der Waals surface area (Å²) in [6.07, 6.45) is 0.0244. The Morgan fingerprint density at radius 2 is 1.55 bits per heavy atom. The fourth-order valence-electron chi connectivity index (χ4n) is 2.59. The molecule has 2 N–H and O–H groups in total. The van der Waals surface area contributed by atoms with Crippen LogP contribution in [-0.4, -0.2) is 35.0 Å². The lowest BCUT2D eigenvalue weighted by Crippen LogP contribution is -2.40. The van der Waals surface area contributed by atoms with Gasteiger partial charge in [0.05, 0.1) is 0 Å². The maximum absolute atomic E-state index is 13.2. The number of hydrogen-bond donors (Lipinski definition) is 2. The second-order valence-corrected chi connectivity index (χ2v) is 6.17. The number of nitrogens with one attached hydrogen (secondary N) is 2. The maximum Gasteiger partial charge on any atom is 0.271 e. The number of nitrogens with zero attached hydrogens (tertiary/aromatic N) is 2. The Labute approximate surface area is 163 Å². The van der Waals surface area contributed by atoms with Gasteiger partial charge in [-0.25, -0.2) is 18.2 Å². The van der Waals surface area contributed by atoms with Crippen LogP contribution in [0.5, 0.6) is 0 Å². The first kappa shape index (κ1) is 20.1. The number of benzene rings is 2. The molecule has 0 atom stereocenters. The number of carbonyl (C=O) groups excluding carboxylic acids is 3. The number of hydrogen-bond acceptors (Lipinski definition) is 4. The minimum absolute atomic E-state index is 0.0125. The van der Waals surface area contributed by atoms with Crippen LogP contribution in [-0.2, 0) is 14.4 Å². The molecule has 0 bridgehead atoms. The molecule has 2 aromatic rings. The van der Waals surface area contributed by atoms with Crippen molar-refractivity contribution in [2.24, 2.45) is 5.10 Å². The molecule has 0 aliphatic carbocycles. The summed E-state index contributed by atoms with van der Waals surface area (Å²) in [6, 6.07) is 7.57. The van der Waals surface area contributed by atoms with E-state index in [-0.39, 0.29) is 24.2 Å². The highest BCUT2D eigenvalue weighted by Crippen LogP contribution is 2.15. The summed E-state index contributed by atoms with van der Waals surface area (Å²) in [6.45, 7) is -0.537. The molecule has 0 radical (unpaired) electrons. The van der Waals surface area contributed by atoms with Crippen molar-refractivity contribution in [3.8, 4) is 0 Å². The highest BCUT2D eigenvalue weighted by molar-refractivity contribution is 6.43. The van der Waals surface area contributed by atoms with E-state index in [9.17, 15) is 27.6 Å². The van der Waals surface area contributed by atoms with Crippen molar-refractivity contribution in [3.05, 3.63) is 59.9 Å². The van der Waals surface area contributed by atoms with Gasteiger partial charge in [-0.1, -0.05) is 0 Å². The van der Waals surface area contributed by atoms with E-state index in [2.05, 4.69) is 15.7 Å². The Bertz CT molecular complexity index is 972. The molecule has 29 heavy (non-hydrogen) atoms. The summed E-state index contributed by atoms with van der Waals surface area (Å²) in [5.41, 5.74) is 0.238. The molecule has 0 saturated heterocycles. The maximum atomic E-state index is 13.2. The Morgan fingerprint density at radius 3 is 2.21 bits per heavy atom. The summed E-state index contributed by atoms with van der Waals surface area (Å²) in [5, 5.41) is 9.50. The molecule has 0 saturated carbocycles. The first-order chi connectivity index (χ1) is 13.8. The van der Waals surface area contributed by atoms with E-state index in [4.69, 9.17) is 0 Å². The van der Waals surface area contributed by atoms with Crippen molar-refractivity contribution < 1.29 is 27.6 Å². The zero-order valence-electron chi connectivity index (χ0n) is 14.9. The lowest BCUT2D eigenvalue weighted by molar-refractivity contribution is -0.135. The van der Waals surface area contributed by atoms with E-state index < -0.39 is 41.7 Å². The fourth-order valence-corrected chi connectivity index (χ4v) is 2.59. The van der Waals surface area contributed by atoms with Crippen LogP contribution in [0.1, 0.15) is 12.8 Å². The van der Waals surface area contributed by atoms with Crippen LogP contribution >= 0.6 is 0 Å². The van der Waals surface area contributed by atoms with Gasteiger partial charge in [0.1, 0.15) is 29.7 Å². The van der Waals surface area contributed by atoms with Gasteiger partial charge >= 0.3 is 0 Å². The summed E-state index contributed by atoms with van der Waals surface area (Å²) < 4.78 is 39.3. The number of anilines is 2. The monoisotopic (exact) mass is 404 g/mol. The van der Waals surface area contributed by atoms with Crippen molar-refractivity contribution >= 4 is 34.8 Å². The molecule has 0 unspecified atom stereocenters. The molecule has 0 aromatic heterocycles. The Balaban J connectivity index is 1.66. The quantitative estimate of drug-likeness (QED) is 0.803. The Kier molecular flexibility index (Phi) is 5.91. The highest BCUT2D eigenvalue weighted by atomic mass is 19.1. The van der Waals surface area contributed by atoms with Gasteiger partial charge in [0, 0.05) is 30.3 Å². The van der Waals surface area contributed by atoms with Gasteiger partial charge in [-0.15, -0.1) is 0 Å². The molecule has 2 aromatic carbocycles. The van der Waals surface area contributed by atoms with Crippen molar-refractivity contribution in [1.29, 1.82) is 0 Å². The molecule has 0 spiro atoms. The van der Waals surface area contributed by atoms with Crippen LogP contribution in [0.2, 0.25) is 0 Å². The molecule has 1 heterocycles. The van der Waals surface area contributed by atoms with E-state index in [0.29, 0.717) is 11.8 Å². The third kappa shape index (κ3) is 5.41. The van der Waals surface area contributed by atoms with Gasteiger partial charge in [-0.05, 0) is 36.4 Å². The molecular weight excluding hydrogens is 389 g/mol. The first-order valence-corrected chi connectivity index (χ1v) is 8.51. The van der Waals surface area contributed by atoms with Crippen LogP contribution in [0.15, 0.2) is 47.6 Å². The van der Waals surface area contributed by atoms with E-state index >= 15 is 0 Å². The lowest BCUT2D eigenvalue weighted by Gasteiger charge is -2.22. The van der Waals surface area contributed by atoms with Crippen LogP contribution in [0, 0.1) is 17.5 Å². The summed E-state index contributed by atoms with van der Waals surface area (Å²) in [5.74, 6) is -4.02. The van der Waals surface area contributed by atoms with E-state index in [0.717, 1.165) is 17.1 Å². The molecule has 0 fully saturated rings. The second-order valence-electron chi connectivity index (χ2n) is 6.17. The zero-order valence-corrected chi connectivity index (χ0v) is 14.9. The van der Waals surface area contributed by atoms with Gasteiger partial charge < -0.3 is 10.6 Å². The number of halogens is 3. The van der Waals surface area contributed by atoms with Gasteiger partial charge in [-0.2, -0.15) is 5.10 Å². The highest BCUT2D eigenvalue weighted by Gasteiger charge is 2.26. The molecule has 7 nitrogen and oxygen atoms in total. The molecule has 3 rings (SSSR count). The largest absolute Gasteiger partial charge is 0.324 e. The second kappa shape index (κ2) is 8.55. The van der Waals surface area contributed by atoms with Crippen molar-refractivity contribution in [2.45, 2.75) is 12.8 Å². The average molecular weight is 404 g/mol. The normalized spacial score (nSPS) is 13.7. The lowest BCUT2D eigenvalue weighted by atomic mass is 10.1. The molecule has 1 aliphatic rings. The number of rotatable bonds is 5. The van der Waals surface area contributed by atoms with Crippen LogP contribution in [0.3, 0.4) is 0 Å². The fraction of sp³-hybridized carbons (Fsp3) is 0.158. The van der Waals surface area contributed by atoms with Crippen molar-refractivity contribution in [2.75, 3.05) is 17.2 Å². The minimum atomic E-state index is -0.868. The SMILES string of the molecule is O=C(CN1N=C(C(=O)Nc2ccc(F)cc2)CCC1=O)Nc1cc(F)cc(F)c1. The predicted octanol–water partition coefficient (Wildman–Crippen LogP) is 2.66. The molecule has 3 amide bonds. The number of hydrazone groups is 1.